The molecule has 0 aromatic heterocycles. The van der Waals surface area contributed by atoms with Gasteiger partial charge in [0.15, 0.2) is 11.4 Å². The topological polar surface area (TPSA) is 182 Å². The lowest BCUT2D eigenvalue weighted by Gasteiger charge is -2.53. The average Bonchev–Trinajstić information content (AvgIpc) is 2.90. The molecule has 3 aliphatic rings. The van der Waals surface area contributed by atoms with Crippen LogP contribution < -0.4 is 5.73 Å². The van der Waals surface area contributed by atoms with E-state index in [4.69, 9.17) is 5.73 Å². The number of primary amides is 1. The van der Waals surface area contributed by atoms with Crippen LogP contribution >= 0.6 is 0 Å². The fraction of sp³-hybridized carbons (Fsp3) is 0.300. The first-order chi connectivity index (χ1) is 18.8. The van der Waals surface area contributed by atoms with Gasteiger partial charge < -0.3 is 31.3 Å². The number of nitrogens with two attached hydrogens (primary N) is 1. The van der Waals surface area contributed by atoms with Gasteiger partial charge in [-0.05, 0) is 31.1 Å². The predicted molar refractivity (Wildman–Crippen MR) is 145 cm³/mol. The summed E-state index contributed by atoms with van der Waals surface area (Å²) >= 11 is 0. The normalized spacial score (nSPS) is 30.0. The van der Waals surface area contributed by atoms with Crippen molar-refractivity contribution in [1.82, 2.24) is 4.90 Å². The predicted octanol–water partition coefficient (Wildman–Crippen LogP) is 1.82. The molecule has 2 aromatic carbocycles. The van der Waals surface area contributed by atoms with Crippen molar-refractivity contribution in [3.05, 3.63) is 87.4 Å². The van der Waals surface area contributed by atoms with Crippen molar-refractivity contribution in [3.63, 3.8) is 0 Å². The molecule has 6 unspecified atom stereocenters. The van der Waals surface area contributed by atoms with Crippen LogP contribution in [-0.2, 0) is 9.59 Å². The van der Waals surface area contributed by atoms with E-state index in [2.05, 4.69) is 0 Å². The van der Waals surface area contributed by atoms with E-state index >= 15 is 0 Å². The monoisotopic (exact) mass is 546 g/mol. The van der Waals surface area contributed by atoms with Crippen LogP contribution in [0.15, 0.2) is 65.1 Å². The van der Waals surface area contributed by atoms with Gasteiger partial charge in [0.2, 0.25) is 5.78 Å². The lowest BCUT2D eigenvalue weighted by molar-refractivity contribution is -0.162. The van der Waals surface area contributed by atoms with Crippen LogP contribution in [0.3, 0.4) is 0 Å². The minimum atomic E-state index is -2.94. The fourth-order valence-electron chi connectivity index (χ4n) is 6.52. The van der Waals surface area contributed by atoms with Gasteiger partial charge in [-0.15, -0.1) is 0 Å². The highest BCUT2D eigenvalue weighted by Gasteiger charge is 2.67. The Balaban J connectivity index is 1.71. The number of benzene rings is 2. The van der Waals surface area contributed by atoms with E-state index in [1.807, 2.05) is 30.3 Å². The number of ketones is 2. The third-order valence-electron chi connectivity index (χ3n) is 8.42. The van der Waals surface area contributed by atoms with E-state index in [9.17, 15) is 39.9 Å². The number of aliphatic hydroxyl groups is 4. The Morgan fingerprint density at radius 2 is 1.68 bits per heavy atom. The Morgan fingerprint density at radius 3 is 2.27 bits per heavy atom. The number of hydrogen-bond acceptors (Lipinski definition) is 9. The number of phenolic OH excluding ortho intramolecular Hbond substituents is 1. The Hall–Kier alpha value is -4.25. The van der Waals surface area contributed by atoms with Crippen molar-refractivity contribution in [1.29, 1.82) is 0 Å². The minimum Gasteiger partial charge on any atom is -0.510 e. The first-order valence-corrected chi connectivity index (χ1v) is 12.8. The summed E-state index contributed by atoms with van der Waals surface area (Å²) in [5, 5.41) is 56.9. The molecule has 0 heterocycles. The van der Waals surface area contributed by atoms with E-state index in [-0.39, 0.29) is 11.3 Å². The first kappa shape index (κ1) is 27.3. The van der Waals surface area contributed by atoms with Crippen LogP contribution in [0.5, 0.6) is 5.75 Å². The van der Waals surface area contributed by atoms with Crippen molar-refractivity contribution >= 4 is 29.6 Å². The van der Waals surface area contributed by atoms with E-state index in [1.165, 1.54) is 19.0 Å². The van der Waals surface area contributed by atoms with Crippen molar-refractivity contribution in [2.45, 2.75) is 30.6 Å². The van der Waals surface area contributed by atoms with Gasteiger partial charge in [-0.25, -0.2) is 0 Å². The minimum absolute atomic E-state index is 0.129. The zero-order valence-electron chi connectivity index (χ0n) is 22.1. The zero-order chi connectivity index (χ0) is 29.3. The summed E-state index contributed by atoms with van der Waals surface area (Å²) in [7, 11) is 2.98. The first-order valence-electron chi connectivity index (χ1n) is 12.8. The van der Waals surface area contributed by atoms with Gasteiger partial charge in [0, 0.05) is 17.1 Å². The molecule has 0 aliphatic heterocycles. The van der Waals surface area contributed by atoms with Crippen molar-refractivity contribution in [3.8, 4) is 5.75 Å². The van der Waals surface area contributed by atoms with Gasteiger partial charge in [0.05, 0.1) is 23.6 Å². The standard InChI is InChI=1S/C30H30N2O8/c1-13-16-12-11-15(10-9-14-7-5-4-6-8-14)23(33)18(16)24(34)19-17(13)25(35)21-22(32(2)3)26(36)20(29(31)39)28(38)30(21,40)27(19)37/h4-13,17,21-22,25,33,35-37,40H,1-3H3,(H2,31,39)/b10-9+. The maximum atomic E-state index is 13.9. The molecule has 40 heavy (non-hydrogen) atoms. The molecule has 208 valence electrons. The number of carbonyl (C=O) groups excluding carboxylic acids is 3. The summed E-state index contributed by atoms with van der Waals surface area (Å²) in [6.07, 6.45) is 1.75. The van der Waals surface area contributed by atoms with Crippen LogP contribution in [0.25, 0.3) is 12.2 Å². The summed E-state index contributed by atoms with van der Waals surface area (Å²) in [6.45, 7) is 1.69. The van der Waals surface area contributed by atoms with E-state index in [0.717, 1.165) is 5.56 Å². The number of aliphatic hydroxyl groups excluding tert-OH is 3. The summed E-state index contributed by atoms with van der Waals surface area (Å²) in [6, 6.07) is 11.3. The Labute approximate surface area is 230 Å². The van der Waals surface area contributed by atoms with E-state index < -0.39 is 75.6 Å². The average molecular weight is 547 g/mol. The van der Waals surface area contributed by atoms with Gasteiger partial charge >= 0.3 is 0 Å². The number of rotatable bonds is 4. The molecule has 5 rings (SSSR count). The Bertz CT molecular complexity index is 1540. The third kappa shape index (κ3) is 3.64. The second-order valence-electron chi connectivity index (χ2n) is 10.8. The van der Waals surface area contributed by atoms with Crippen LogP contribution in [-0.4, -0.2) is 79.7 Å². The molecular weight excluding hydrogens is 516 g/mol. The molecule has 10 nitrogen and oxygen atoms in total. The number of aromatic hydroxyl groups is 1. The molecule has 6 atom stereocenters. The summed E-state index contributed by atoms with van der Waals surface area (Å²) in [5.41, 5.74) is 2.49. The van der Waals surface area contributed by atoms with E-state index in [0.29, 0.717) is 11.1 Å². The second kappa shape index (κ2) is 9.44. The highest BCUT2D eigenvalue weighted by molar-refractivity contribution is 6.25. The molecule has 1 amide bonds. The SMILES string of the molecule is CC1c2ccc(/C=C/c3ccccc3)c(O)c2C(=O)C2=C(O)C3(O)C(=O)C(C(N)=O)=C(O)C(N(C)C)C3C(O)C21. The van der Waals surface area contributed by atoms with Crippen molar-refractivity contribution < 1.29 is 39.9 Å². The lowest BCUT2D eigenvalue weighted by Crippen LogP contribution is -2.68. The number of nitrogens with zero attached hydrogens (tertiary/aromatic N) is 1. The highest BCUT2D eigenvalue weighted by Crippen LogP contribution is 2.55. The summed E-state index contributed by atoms with van der Waals surface area (Å²) < 4.78 is 0. The molecule has 2 aromatic rings. The van der Waals surface area contributed by atoms with Gasteiger partial charge in [0.1, 0.15) is 22.8 Å². The maximum Gasteiger partial charge on any atom is 0.255 e. The molecule has 7 N–H and O–H groups in total. The highest BCUT2D eigenvalue weighted by atomic mass is 16.4. The Morgan fingerprint density at radius 1 is 1.02 bits per heavy atom. The molecule has 0 saturated heterocycles. The third-order valence-corrected chi connectivity index (χ3v) is 8.42. The van der Waals surface area contributed by atoms with Gasteiger partial charge in [-0.2, -0.15) is 0 Å². The molecule has 3 aliphatic carbocycles. The number of carbonyl (C=O) groups is 3. The lowest BCUT2D eigenvalue weighted by atomic mass is 9.55. The number of hydrogen-bond donors (Lipinski definition) is 6. The van der Waals surface area contributed by atoms with E-state index in [1.54, 1.807) is 31.2 Å². The van der Waals surface area contributed by atoms with Crippen LogP contribution in [0.2, 0.25) is 0 Å². The fourth-order valence-corrected chi connectivity index (χ4v) is 6.52. The number of Topliss-reactive ketones (excluding diaryl/α,β-unsaturated/α-hetero) is 2. The quantitative estimate of drug-likeness (QED) is 0.246. The molecule has 0 spiro atoms. The molecule has 0 saturated carbocycles. The smallest absolute Gasteiger partial charge is 0.255 e. The Kier molecular flexibility index (Phi) is 6.45. The summed E-state index contributed by atoms with van der Waals surface area (Å²) in [5.74, 6) is -9.08. The van der Waals surface area contributed by atoms with Crippen LogP contribution in [0, 0.1) is 11.8 Å². The van der Waals surface area contributed by atoms with Gasteiger partial charge in [-0.1, -0.05) is 61.5 Å². The van der Waals surface area contributed by atoms with Crippen LogP contribution in [0.4, 0.5) is 0 Å². The maximum absolute atomic E-state index is 13.9. The number of amides is 1. The zero-order valence-corrected chi connectivity index (χ0v) is 22.1. The molecule has 10 heteroatoms. The number of phenols is 1. The molecule has 0 radical (unpaired) electrons. The molecule has 0 fully saturated rings. The molecular formula is C30H30N2O8. The second-order valence-corrected chi connectivity index (χ2v) is 10.8. The molecule has 0 bridgehead atoms. The van der Waals surface area contributed by atoms with Gasteiger partial charge in [-0.3, -0.25) is 19.3 Å². The van der Waals surface area contributed by atoms with Crippen LogP contribution in [0.1, 0.15) is 39.9 Å². The summed E-state index contributed by atoms with van der Waals surface area (Å²) in [4.78, 5) is 40.9. The number of fused-ring (bicyclic) bond motifs is 3. The van der Waals surface area contributed by atoms with Crippen molar-refractivity contribution in [2.75, 3.05) is 14.1 Å². The largest absolute Gasteiger partial charge is 0.510 e. The van der Waals surface area contributed by atoms with Crippen molar-refractivity contribution in [2.24, 2.45) is 17.6 Å². The number of likely N-dealkylation sites (N-methyl/N-ethyl adjacent to an activating group) is 1. The van der Waals surface area contributed by atoms with Gasteiger partial charge in [0.25, 0.3) is 5.91 Å².